The van der Waals surface area contributed by atoms with E-state index in [9.17, 15) is 81.4 Å². The molecule has 6 saturated heterocycles. The van der Waals surface area contributed by atoms with Crippen LogP contribution >= 0.6 is 0 Å². The molecule has 27 heteroatoms. The second-order valence-corrected chi connectivity index (χ2v) is 28.6. The Bertz CT molecular complexity index is 2340. The summed E-state index contributed by atoms with van der Waals surface area (Å²) in [5, 5.41) is 165. The summed E-state index contributed by atoms with van der Waals surface area (Å²) in [4.78, 5) is 12.6. The zero-order chi connectivity index (χ0) is 61.5. The Kier molecular flexibility index (Phi) is 18.1. The highest BCUT2D eigenvalue weighted by Crippen LogP contribution is 2.80. The predicted molar refractivity (Wildman–Crippen MR) is 283 cm³/mol. The van der Waals surface area contributed by atoms with Gasteiger partial charge in [0.05, 0.1) is 57.5 Å². The molecule has 6 heterocycles. The molecule has 0 aromatic rings. The summed E-state index contributed by atoms with van der Waals surface area (Å²) in [6, 6.07) is 0. The Morgan fingerprint density at radius 1 is 0.482 bits per heavy atom. The van der Waals surface area contributed by atoms with E-state index in [-0.39, 0.29) is 34.0 Å². The molecular formula is C58H94O27. The molecule has 5 aliphatic carbocycles. The van der Waals surface area contributed by atoms with E-state index >= 15 is 0 Å². The van der Waals surface area contributed by atoms with Gasteiger partial charge in [-0.25, -0.2) is 0 Å². The number of aldehydes is 1. The molecule has 0 radical (unpaired) electrons. The van der Waals surface area contributed by atoms with Gasteiger partial charge < -0.3 is 133 Å². The normalized spacial score (nSPS) is 57.6. The lowest BCUT2D eigenvalue weighted by Gasteiger charge is -2.75. The van der Waals surface area contributed by atoms with Gasteiger partial charge in [0.25, 0.3) is 0 Å². The molecule has 11 aliphatic rings. The van der Waals surface area contributed by atoms with Crippen LogP contribution in [0.15, 0.2) is 0 Å². The van der Waals surface area contributed by atoms with Gasteiger partial charge in [0.2, 0.25) is 0 Å². The highest BCUT2D eigenvalue weighted by Gasteiger charge is 2.80. The average molecular weight is 1220 g/mol. The maximum absolute atomic E-state index is 12.7. The van der Waals surface area contributed by atoms with Crippen molar-refractivity contribution in [1.29, 1.82) is 0 Å². The van der Waals surface area contributed by atoms with Crippen LogP contribution in [0.4, 0.5) is 0 Å². The van der Waals surface area contributed by atoms with Crippen LogP contribution < -0.4 is 0 Å². The predicted octanol–water partition coefficient (Wildman–Crippen LogP) is -4.07. The number of hydrogen-bond acceptors (Lipinski definition) is 27. The SMILES string of the molecule is CC1(C)[C@@H](O[C@@H]2OC[C@H](O[C@@H]3O[C@H](CO)[C@@H](O)[C@H](O[C@@H]4O[C@H](CO)[C@@H](O)[C@H](O)[C@H]4O)[C@H]3O[C@H]3OC[C@H](O)[C@@H](O)[C@H]3O)[C@H](O)[C@H]2O[C@@H]2O[C@H](CO)[C@@H](O)[C@H](O)[C@H]2O)CC[C@]2(C)[C@H]3CC[C@]45OC[C@@]6(CC[C@](C)(C=O)C[C@H]64)[C@H](O)C[C@@]5(C)[C@]3(C)CC[C@@H]12. The molecule has 85 heavy (non-hydrogen) atoms. The van der Waals surface area contributed by atoms with Crippen LogP contribution in [0.5, 0.6) is 0 Å². The van der Waals surface area contributed by atoms with E-state index in [1.54, 1.807) is 0 Å². The molecule has 0 aromatic heterocycles. The third-order valence-corrected chi connectivity index (χ3v) is 24.1. The lowest BCUT2D eigenvalue weighted by Crippen LogP contribution is -2.74. The van der Waals surface area contributed by atoms with Gasteiger partial charge in [-0.2, -0.15) is 0 Å². The van der Waals surface area contributed by atoms with E-state index in [1.165, 1.54) is 0 Å². The Balaban J connectivity index is 0.868. The third kappa shape index (κ3) is 10.2. The number of carbonyl (C=O) groups excluding carboxylic acids is 1. The summed E-state index contributed by atoms with van der Waals surface area (Å²) < 4.78 is 68.6. The first kappa shape index (κ1) is 65.1. The molecule has 5 saturated carbocycles. The summed E-state index contributed by atoms with van der Waals surface area (Å²) in [6.45, 7) is 10.3. The number of carbonyl (C=O) groups is 1. The molecule has 6 aliphatic heterocycles. The Morgan fingerprint density at radius 3 is 1.67 bits per heavy atom. The van der Waals surface area contributed by atoms with Crippen molar-refractivity contribution in [3.05, 3.63) is 0 Å². The van der Waals surface area contributed by atoms with Crippen molar-refractivity contribution < 1.29 is 133 Å². The Hall–Kier alpha value is -1.37. The van der Waals surface area contributed by atoms with E-state index in [2.05, 4.69) is 34.6 Å². The van der Waals surface area contributed by atoms with E-state index in [4.69, 9.17) is 52.1 Å². The van der Waals surface area contributed by atoms with Gasteiger partial charge in [-0.05, 0) is 98.2 Å². The molecule has 488 valence electrons. The smallest absolute Gasteiger partial charge is 0.187 e. The number of hydrogen-bond donors (Lipinski definition) is 15. The maximum Gasteiger partial charge on any atom is 0.187 e. The fourth-order valence-corrected chi connectivity index (χ4v) is 18.9. The third-order valence-electron chi connectivity index (χ3n) is 24.1. The molecule has 0 amide bonds. The quantitative estimate of drug-likeness (QED) is 0.0581. The van der Waals surface area contributed by atoms with Crippen molar-refractivity contribution in [2.75, 3.05) is 39.6 Å². The summed E-state index contributed by atoms with van der Waals surface area (Å²) >= 11 is 0. The summed E-state index contributed by atoms with van der Waals surface area (Å²) in [5.41, 5.74) is -2.88. The fraction of sp³-hybridized carbons (Fsp3) is 0.983. The topological polar surface area (TPSA) is 422 Å². The van der Waals surface area contributed by atoms with Crippen LogP contribution in [0.2, 0.25) is 0 Å². The van der Waals surface area contributed by atoms with Crippen molar-refractivity contribution >= 4 is 6.29 Å². The lowest BCUT2D eigenvalue weighted by molar-refractivity contribution is -0.404. The highest BCUT2D eigenvalue weighted by atomic mass is 16.8. The summed E-state index contributed by atoms with van der Waals surface area (Å²) in [7, 11) is 0. The van der Waals surface area contributed by atoms with Crippen molar-refractivity contribution in [2.45, 2.75) is 265 Å². The van der Waals surface area contributed by atoms with Gasteiger partial charge in [0, 0.05) is 16.2 Å². The molecule has 11 fully saturated rings. The van der Waals surface area contributed by atoms with Crippen molar-refractivity contribution in [3.63, 3.8) is 0 Å². The highest BCUT2D eigenvalue weighted by molar-refractivity contribution is 5.59. The Labute approximate surface area is 493 Å². The fourth-order valence-electron chi connectivity index (χ4n) is 18.9. The van der Waals surface area contributed by atoms with Gasteiger partial charge in [-0.15, -0.1) is 0 Å². The molecule has 1 spiro atoms. The van der Waals surface area contributed by atoms with Crippen LogP contribution in [-0.2, 0) is 56.9 Å². The standard InChI is InChI=1S/C58H94O27/c1-52(2)29-7-11-55(5)30(8-12-58-31-15-53(3,22-62)13-14-57(31,23-77-58)32(64)16-56(55,58)6)54(29,4)10-9-33(52)82-50-45(84-49-43(74)40(71)36(67)26(18-60)79-49)38(69)28(21-76-50)81-51-46(85-47-41(72)34(65)24(63)20-75-47)44(37(68)27(19-61)80-51)83-48-42(73)39(70)35(66)25(17-59)78-48/h22,24-51,59-61,63-74H,7-21,23H2,1-6H3/t24-,25+,26+,27+,28-,29-,30+,31+,32+,33-,34+,35+,36+,37+,38-,39-,40-,41+,42+,43+,44-,45+,46+,47+,48-,49-,50-,51-,53-,54-,55+,56-,57+,58-/m0/s1. The second-order valence-electron chi connectivity index (χ2n) is 28.6. The van der Waals surface area contributed by atoms with E-state index in [1.807, 2.05) is 6.92 Å². The Morgan fingerprint density at radius 2 is 1.05 bits per heavy atom. The molecule has 0 unspecified atom stereocenters. The number of fused-ring (bicyclic) bond motifs is 4. The lowest BCUT2D eigenvalue weighted by atomic mass is 9.30. The number of rotatable bonds is 14. The molecule has 2 bridgehead atoms. The molecule has 15 N–H and O–H groups in total. The van der Waals surface area contributed by atoms with Crippen LogP contribution in [0.3, 0.4) is 0 Å². The van der Waals surface area contributed by atoms with E-state index in [0.29, 0.717) is 32.3 Å². The van der Waals surface area contributed by atoms with Gasteiger partial charge in [-0.3, -0.25) is 0 Å². The van der Waals surface area contributed by atoms with Crippen molar-refractivity contribution in [2.24, 2.45) is 50.2 Å². The minimum atomic E-state index is -2.03. The molecule has 0 aromatic carbocycles. The van der Waals surface area contributed by atoms with Crippen LogP contribution in [0.25, 0.3) is 0 Å². The van der Waals surface area contributed by atoms with Gasteiger partial charge in [-0.1, -0.05) is 41.5 Å². The van der Waals surface area contributed by atoms with Crippen LogP contribution in [0, 0.1) is 50.2 Å². The summed E-state index contributed by atoms with van der Waals surface area (Å²) in [6.07, 6.45) is -34.0. The minimum Gasteiger partial charge on any atom is -0.394 e. The summed E-state index contributed by atoms with van der Waals surface area (Å²) in [5.74, 6) is 0.317. The number of aliphatic hydroxyl groups excluding tert-OH is 15. The number of ether oxygens (including phenoxy) is 11. The molecule has 11 rings (SSSR count). The maximum atomic E-state index is 12.7. The average Bonchev–Trinajstić information content (AvgIpc) is 1.63. The first-order valence-electron chi connectivity index (χ1n) is 30.6. The van der Waals surface area contributed by atoms with E-state index < -0.39 is 208 Å². The molecule has 34 atom stereocenters. The van der Waals surface area contributed by atoms with Crippen molar-refractivity contribution in [1.82, 2.24) is 0 Å². The van der Waals surface area contributed by atoms with Gasteiger partial charge in [0.15, 0.2) is 31.5 Å². The van der Waals surface area contributed by atoms with Gasteiger partial charge >= 0.3 is 0 Å². The van der Waals surface area contributed by atoms with Crippen molar-refractivity contribution in [3.8, 4) is 0 Å². The van der Waals surface area contributed by atoms with Crippen LogP contribution in [0.1, 0.15) is 106 Å². The zero-order valence-corrected chi connectivity index (χ0v) is 49.2. The van der Waals surface area contributed by atoms with Crippen LogP contribution in [-0.4, -0.2) is 282 Å². The largest absolute Gasteiger partial charge is 0.394 e. The first-order valence-corrected chi connectivity index (χ1v) is 30.6. The monoisotopic (exact) mass is 1220 g/mol. The van der Waals surface area contributed by atoms with E-state index in [0.717, 1.165) is 44.8 Å². The zero-order valence-electron chi connectivity index (χ0n) is 49.2. The van der Waals surface area contributed by atoms with Gasteiger partial charge in [0.1, 0.15) is 116 Å². The second kappa shape index (κ2) is 23.6. The minimum absolute atomic E-state index is 0.0397. The number of aliphatic hydroxyl groups is 15. The first-order chi connectivity index (χ1) is 40.0. The molecule has 27 nitrogen and oxygen atoms in total. The molecular weight excluding hydrogens is 1130 g/mol.